The number of halogens is 2. The Morgan fingerprint density at radius 3 is 2.49 bits per heavy atom. The standard InChI is InChI=1S/C26H28Cl2N8O3/c1-5-19(37)33-16(12-30-2)24(29)36-26-32-11-14-8-15(34-25(23(14)35-26)31-10-13-6-7-13)20-21(27)17(38-3)9-18(39-4)22(20)28/h5,8-9,11-13,30H,1,6-7,10H2,2-4H3,(H,31,34)(H,33,37)(H2,29,32,35,36)/b16-12+. The van der Waals surface area contributed by atoms with Gasteiger partial charge in [0.05, 0.1) is 35.7 Å². The summed E-state index contributed by atoms with van der Waals surface area (Å²) in [5.74, 6) is 1.50. The van der Waals surface area contributed by atoms with Crippen LogP contribution in [0.25, 0.3) is 22.2 Å². The Labute approximate surface area is 235 Å². The second kappa shape index (κ2) is 12.2. The number of nitrogens with one attached hydrogen (secondary N) is 3. The van der Waals surface area contributed by atoms with Crippen molar-refractivity contribution in [3.63, 3.8) is 0 Å². The van der Waals surface area contributed by atoms with Crippen molar-refractivity contribution in [1.82, 2.24) is 25.6 Å². The third kappa shape index (κ3) is 6.32. The van der Waals surface area contributed by atoms with Crippen LogP contribution >= 0.6 is 23.2 Å². The molecule has 1 aliphatic rings. The molecular formula is C26H28Cl2N8O3. The number of methoxy groups -OCH3 is 2. The molecule has 5 N–H and O–H groups in total. The normalized spacial score (nSPS) is 13.7. The van der Waals surface area contributed by atoms with Crippen molar-refractivity contribution in [3.05, 3.63) is 52.9 Å². The van der Waals surface area contributed by atoms with Gasteiger partial charge in [-0.3, -0.25) is 4.79 Å². The van der Waals surface area contributed by atoms with Crippen LogP contribution in [0.3, 0.4) is 0 Å². The molecule has 1 fully saturated rings. The number of nitrogens with two attached hydrogens (primary N) is 1. The summed E-state index contributed by atoms with van der Waals surface area (Å²) in [6.07, 6.45) is 6.51. The summed E-state index contributed by atoms with van der Waals surface area (Å²) >= 11 is 13.3. The average molecular weight is 571 g/mol. The first-order valence-corrected chi connectivity index (χ1v) is 12.7. The third-order valence-electron chi connectivity index (χ3n) is 5.87. The molecule has 1 aliphatic carbocycles. The average Bonchev–Trinajstić information content (AvgIpc) is 3.76. The van der Waals surface area contributed by atoms with E-state index in [9.17, 15) is 4.79 Å². The maximum atomic E-state index is 11.8. The highest BCUT2D eigenvalue weighted by Crippen LogP contribution is 2.46. The number of benzene rings is 1. The number of hydrogen-bond acceptors (Lipinski definition) is 9. The molecule has 0 radical (unpaired) electrons. The molecule has 1 amide bonds. The van der Waals surface area contributed by atoms with Gasteiger partial charge in [0, 0.05) is 43.0 Å². The summed E-state index contributed by atoms with van der Waals surface area (Å²) in [7, 11) is 4.68. The van der Waals surface area contributed by atoms with Crippen molar-refractivity contribution in [1.29, 1.82) is 0 Å². The summed E-state index contributed by atoms with van der Waals surface area (Å²) < 4.78 is 10.8. The molecule has 13 heteroatoms. The zero-order chi connectivity index (χ0) is 28.1. The predicted octanol–water partition coefficient (Wildman–Crippen LogP) is 4.19. The van der Waals surface area contributed by atoms with Gasteiger partial charge in [0.15, 0.2) is 11.7 Å². The van der Waals surface area contributed by atoms with Crippen LogP contribution in [0.15, 0.2) is 47.9 Å². The first kappa shape index (κ1) is 27.9. The maximum absolute atomic E-state index is 11.8. The van der Waals surface area contributed by atoms with E-state index in [-0.39, 0.29) is 17.5 Å². The van der Waals surface area contributed by atoms with Gasteiger partial charge in [0.25, 0.3) is 5.95 Å². The number of pyridine rings is 1. The van der Waals surface area contributed by atoms with Crippen molar-refractivity contribution < 1.29 is 14.3 Å². The second-order valence-electron chi connectivity index (χ2n) is 8.61. The molecule has 0 saturated heterocycles. The van der Waals surface area contributed by atoms with Crippen LogP contribution in [0.5, 0.6) is 11.5 Å². The monoisotopic (exact) mass is 570 g/mol. The topological polar surface area (TPSA) is 149 Å². The zero-order valence-corrected chi connectivity index (χ0v) is 23.2. The van der Waals surface area contributed by atoms with Gasteiger partial charge in [-0.15, -0.1) is 0 Å². The van der Waals surface area contributed by atoms with E-state index in [0.717, 1.165) is 25.5 Å². The van der Waals surface area contributed by atoms with Crippen molar-refractivity contribution in [2.24, 2.45) is 16.6 Å². The number of hydrogen-bond donors (Lipinski definition) is 4. The summed E-state index contributed by atoms with van der Waals surface area (Å²) in [4.78, 5) is 29.9. The lowest BCUT2D eigenvalue weighted by Gasteiger charge is -2.16. The van der Waals surface area contributed by atoms with Crippen LogP contribution in [0.1, 0.15) is 12.8 Å². The van der Waals surface area contributed by atoms with Crippen molar-refractivity contribution >= 4 is 57.6 Å². The molecule has 3 aromatic rings. The Balaban J connectivity index is 1.83. The summed E-state index contributed by atoms with van der Waals surface area (Å²) in [6, 6.07) is 3.39. The number of rotatable bonds is 11. The minimum atomic E-state index is -0.441. The number of nitrogens with zero attached hydrogens (tertiary/aromatic N) is 4. The van der Waals surface area contributed by atoms with E-state index in [0.29, 0.717) is 55.4 Å². The van der Waals surface area contributed by atoms with Crippen LogP contribution in [-0.4, -0.2) is 54.5 Å². The highest BCUT2D eigenvalue weighted by atomic mass is 35.5. The SMILES string of the molecule is C=CC(=O)NC(=C/NC)/C(N)=N/c1ncc2cc(-c3c(Cl)c(OC)cc(OC)c3Cl)nc(NCC3CC3)c2n1. The largest absolute Gasteiger partial charge is 0.495 e. The van der Waals surface area contributed by atoms with Crippen LogP contribution in [0.4, 0.5) is 11.8 Å². The molecule has 0 spiro atoms. The molecule has 0 aliphatic heterocycles. The molecule has 204 valence electrons. The highest BCUT2D eigenvalue weighted by Gasteiger charge is 2.24. The first-order chi connectivity index (χ1) is 18.8. The molecular weight excluding hydrogens is 543 g/mol. The minimum absolute atomic E-state index is 0.00184. The lowest BCUT2D eigenvalue weighted by Crippen LogP contribution is -2.31. The molecule has 0 unspecified atom stereocenters. The lowest BCUT2D eigenvalue weighted by atomic mass is 10.1. The van der Waals surface area contributed by atoms with E-state index < -0.39 is 5.91 Å². The van der Waals surface area contributed by atoms with Crippen molar-refractivity contribution in [3.8, 4) is 22.8 Å². The quantitative estimate of drug-likeness (QED) is 0.151. The lowest BCUT2D eigenvalue weighted by molar-refractivity contribution is -0.115. The molecule has 1 aromatic carbocycles. The predicted molar refractivity (Wildman–Crippen MR) is 154 cm³/mol. The molecule has 11 nitrogen and oxygen atoms in total. The number of aromatic nitrogens is 3. The molecule has 2 heterocycles. The van der Waals surface area contributed by atoms with Gasteiger partial charge in [-0.25, -0.2) is 15.0 Å². The Morgan fingerprint density at radius 1 is 1.21 bits per heavy atom. The molecule has 4 rings (SSSR count). The van der Waals surface area contributed by atoms with E-state index in [2.05, 4.69) is 37.5 Å². The van der Waals surface area contributed by atoms with Gasteiger partial charge in [-0.2, -0.15) is 4.99 Å². The fourth-order valence-electron chi connectivity index (χ4n) is 3.68. The molecule has 0 atom stereocenters. The van der Waals surface area contributed by atoms with Gasteiger partial charge in [-0.1, -0.05) is 29.8 Å². The smallest absolute Gasteiger partial charge is 0.252 e. The fraction of sp³-hybridized carbons (Fsp3) is 0.269. The number of anilines is 1. The first-order valence-electron chi connectivity index (χ1n) is 12.0. The van der Waals surface area contributed by atoms with Gasteiger partial charge in [0.1, 0.15) is 17.0 Å². The third-order valence-corrected chi connectivity index (χ3v) is 6.62. The molecule has 2 aromatic heterocycles. The molecule has 39 heavy (non-hydrogen) atoms. The Hall–Kier alpha value is -4.09. The Morgan fingerprint density at radius 2 is 1.90 bits per heavy atom. The van der Waals surface area contributed by atoms with Gasteiger partial charge in [0.2, 0.25) is 5.91 Å². The fourth-order valence-corrected chi connectivity index (χ4v) is 4.37. The van der Waals surface area contributed by atoms with Crippen molar-refractivity contribution in [2.75, 3.05) is 33.1 Å². The Bertz CT molecular complexity index is 1460. The van der Waals surface area contributed by atoms with E-state index in [1.165, 1.54) is 20.4 Å². The van der Waals surface area contributed by atoms with E-state index in [1.807, 2.05) is 0 Å². The van der Waals surface area contributed by atoms with Crippen LogP contribution in [0, 0.1) is 5.92 Å². The van der Waals surface area contributed by atoms with Crippen LogP contribution in [-0.2, 0) is 4.79 Å². The van der Waals surface area contributed by atoms with Crippen molar-refractivity contribution in [2.45, 2.75) is 12.8 Å². The second-order valence-corrected chi connectivity index (χ2v) is 9.37. The number of carbonyl (C=O) groups is 1. The Kier molecular flexibility index (Phi) is 8.72. The summed E-state index contributed by atoms with van der Waals surface area (Å²) in [5, 5.41) is 10.0. The summed E-state index contributed by atoms with van der Waals surface area (Å²) in [5.41, 5.74) is 7.85. The van der Waals surface area contributed by atoms with E-state index in [1.54, 1.807) is 25.4 Å². The number of aliphatic imine (C=N–C) groups is 1. The minimum Gasteiger partial charge on any atom is -0.495 e. The van der Waals surface area contributed by atoms with Gasteiger partial charge < -0.3 is 31.2 Å². The number of amidine groups is 1. The molecule has 0 bridgehead atoms. The van der Waals surface area contributed by atoms with Crippen LogP contribution < -0.4 is 31.2 Å². The van der Waals surface area contributed by atoms with Crippen LogP contribution in [0.2, 0.25) is 10.0 Å². The summed E-state index contributed by atoms with van der Waals surface area (Å²) in [6.45, 7) is 4.17. The highest BCUT2D eigenvalue weighted by molar-refractivity contribution is 6.41. The number of fused-ring (bicyclic) bond motifs is 1. The number of amides is 1. The van der Waals surface area contributed by atoms with Gasteiger partial charge in [-0.05, 0) is 30.9 Å². The maximum Gasteiger partial charge on any atom is 0.252 e. The zero-order valence-electron chi connectivity index (χ0n) is 21.6. The molecule has 1 saturated carbocycles. The van der Waals surface area contributed by atoms with E-state index >= 15 is 0 Å². The van der Waals surface area contributed by atoms with Gasteiger partial charge >= 0.3 is 0 Å². The van der Waals surface area contributed by atoms with E-state index in [4.69, 9.17) is 43.4 Å². The number of carbonyl (C=O) groups excluding carboxylic acids is 1. The number of ether oxygens (including phenoxy) is 2.